The number of alkyl halides is 3. The number of halogens is 3. The summed E-state index contributed by atoms with van der Waals surface area (Å²) in [5.41, 5.74) is 0.0619. The van der Waals surface area contributed by atoms with Crippen LogP contribution in [0.15, 0.2) is 24.3 Å². The van der Waals surface area contributed by atoms with E-state index in [0.717, 1.165) is 43.9 Å². The van der Waals surface area contributed by atoms with Gasteiger partial charge in [0.05, 0.1) is 5.56 Å². The first kappa shape index (κ1) is 18.4. The van der Waals surface area contributed by atoms with Gasteiger partial charge in [0.25, 0.3) is 0 Å². The number of nitrogens with zero attached hydrogens (tertiary/aromatic N) is 5. The van der Waals surface area contributed by atoms with Crippen LogP contribution in [0.3, 0.4) is 0 Å². The van der Waals surface area contributed by atoms with Crippen LogP contribution in [0.25, 0.3) is 0 Å². The Kier molecular flexibility index (Phi) is 5.26. The lowest BCUT2D eigenvalue weighted by Crippen LogP contribution is -2.45. The van der Waals surface area contributed by atoms with Crippen molar-refractivity contribution in [2.24, 2.45) is 0 Å². The van der Waals surface area contributed by atoms with Gasteiger partial charge in [-0.1, -0.05) is 12.1 Å². The zero-order valence-corrected chi connectivity index (χ0v) is 14.7. The number of aryl methyl sites for hydroxylation is 1. The average Bonchev–Trinajstić information content (AvgIpc) is 2.60. The van der Waals surface area contributed by atoms with Crippen LogP contribution in [0.5, 0.6) is 0 Å². The summed E-state index contributed by atoms with van der Waals surface area (Å²) in [5, 5.41) is 3.07. The molecular formula is C17H21F3N6. The standard InChI is InChI=1S/C17H21F3N6/c1-12-22-15(24-16(23-12)26-9-7-25(2)8-10-26)21-11-13-3-5-14(6-4-13)17(18,19)20/h3-6H,7-11H2,1-2H3,(H,21,22,23,24). The van der Waals surface area contributed by atoms with Gasteiger partial charge >= 0.3 is 6.18 Å². The van der Waals surface area contributed by atoms with Crippen LogP contribution in [0, 0.1) is 6.92 Å². The molecule has 0 bridgehead atoms. The monoisotopic (exact) mass is 366 g/mol. The number of hydrogen-bond acceptors (Lipinski definition) is 6. The highest BCUT2D eigenvalue weighted by molar-refractivity contribution is 5.38. The van der Waals surface area contributed by atoms with Crippen molar-refractivity contribution >= 4 is 11.9 Å². The van der Waals surface area contributed by atoms with Crippen LogP contribution in [0.4, 0.5) is 25.1 Å². The fourth-order valence-corrected chi connectivity index (χ4v) is 2.69. The molecule has 1 aromatic heterocycles. The molecule has 2 heterocycles. The van der Waals surface area contributed by atoms with E-state index in [1.807, 2.05) is 0 Å². The molecule has 0 atom stereocenters. The van der Waals surface area contributed by atoms with Gasteiger partial charge in [0, 0.05) is 32.7 Å². The van der Waals surface area contributed by atoms with E-state index in [9.17, 15) is 13.2 Å². The van der Waals surface area contributed by atoms with Crippen molar-refractivity contribution in [3.05, 3.63) is 41.2 Å². The smallest absolute Gasteiger partial charge is 0.350 e. The SMILES string of the molecule is Cc1nc(NCc2ccc(C(F)(F)F)cc2)nc(N2CCN(C)CC2)n1. The first-order valence-electron chi connectivity index (χ1n) is 8.37. The van der Waals surface area contributed by atoms with Gasteiger partial charge in [-0.2, -0.15) is 28.1 Å². The minimum atomic E-state index is -4.32. The number of likely N-dealkylation sites (N-methyl/N-ethyl adjacent to an activating group) is 1. The van der Waals surface area contributed by atoms with E-state index in [1.54, 1.807) is 6.92 Å². The molecule has 0 aliphatic carbocycles. The molecule has 6 nitrogen and oxygen atoms in total. The molecule has 2 aromatic rings. The highest BCUT2D eigenvalue weighted by atomic mass is 19.4. The molecule has 1 fully saturated rings. The van der Waals surface area contributed by atoms with Gasteiger partial charge in [0.1, 0.15) is 5.82 Å². The van der Waals surface area contributed by atoms with E-state index in [4.69, 9.17) is 0 Å². The molecule has 1 aliphatic heterocycles. The molecule has 0 saturated carbocycles. The Labute approximate surface area is 150 Å². The molecule has 0 spiro atoms. The Balaban J connectivity index is 1.66. The van der Waals surface area contributed by atoms with Crippen LogP contribution in [-0.4, -0.2) is 53.1 Å². The number of piperazine rings is 1. The van der Waals surface area contributed by atoms with Crippen molar-refractivity contribution in [3.63, 3.8) is 0 Å². The fraction of sp³-hybridized carbons (Fsp3) is 0.471. The number of rotatable bonds is 4. The lowest BCUT2D eigenvalue weighted by atomic mass is 10.1. The predicted octanol–water partition coefficient (Wildman–Crippen LogP) is 2.56. The molecule has 26 heavy (non-hydrogen) atoms. The maximum atomic E-state index is 12.6. The van der Waals surface area contributed by atoms with E-state index in [2.05, 4.69) is 37.1 Å². The largest absolute Gasteiger partial charge is 0.416 e. The van der Waals surface area contributed by atoms with E-state index >= 15 is 0 Å². The molecule has 0 radical (unpaired) electrons. The lowest BCUT2D eigenvalue weighted by Gasteiger charge is -2.32. The van der Waals surface area contributed by atoms with Crippen LogP contribution in [0.1, 0.15) is 17.0 Å². The van der Waals surface area contributed by atoms with Crippen molar-refractivity contribution < 1.29 is 13.2 Å². The lowest BCUT2D eigenvalue weighted by molar-refractivity contribution is -0.137. The third-order valence-electron chi connectivity index (χ3n) is 4.25. The summed E-state index contributed by atoms with van der Waals surface area (Å²) in [5.74, 6) is 1.65. The van der Waals surface area contributed by atoms with E-state index in [1.165, 1.54) is 12.1 Å². The fourth-order valence-electron chi connectivity index (χ4n) is 2.69. The summed E-state index contributed by atoms with van der Waals surface area (Å²) in [4.78, 5) is 17.5. The number of anilines is 2. The maximum absolute atomic E-state index is 12.6. The first-order valence-corrected chi connectivity index (χ1v) is 8.37. The maximum Gasteiger partial charge on any atom is 0.416 e. The summed E-state index contributed by atoms with van der Waals surface area (Å²) in [6, 6.07) is 5.05. The quantitative estimate of drug-likeness (QED) is 0.898. The topological polar surface area (TPSA) is 57.2 Å². The van der Waals surface area contributed by atoms with Crippen LogP contribution in [-0.2, 0) is 12.7 Å². The van der Waals surface area contributed by atoms with Gasteiger partial charge < -0.3 is 15.1 Å². The van der Waals surface area contributed by atoms with Crippen molar-refractivity contribution in [2.75, 3.05) is 43.4 Å². The summed E-state index contributed by atoms with van der Waals surface area (Å²) in [6.45, 7) is 5.71. The minimum Gasteiger partial charge on any atom is -0.350 e. The van der Waals surface area contributed by atoms with Gasteiger partial charge in [-0.25, -0.2) is 0 Å². The zero-order valence-electron chi connectivity index (χ0n) is 14.7. The van der Waals surface area contributed by atoms with Crippen LogP contribution < -0.4 is 10.2 Å². The van der Waals surface area contributed by atoms with Crippen molar-refractivity contribution in [2.45, 2.75) is 19.6 Å². The third-order valence-corrected chi connectivity index (χ3v) is 4.25. The minimum absolute atomic E-state index is 0.337. The Morgan fingerprint density at radius 3 is 2.27 bits per heavy atom. The predicted molar refractivity (Wildman–Crippen MR) is 93.0 cm³/mol. The highest BCUT2D eigenvalue weighted by Gasteiger charge is 2.29. The van der Waals surface area contributed by atoms with Crippen molar-refractivity contribution in [1.82, 2.24) is 19.9 Å². The van der Waals surface area contributed by atoms with Crippen molar-refractivity contribution in [1.29, 1.82) is 0 Å². The summed E-state index contributed by atoms with van der Waals surface area (Å²) in [7, 11) is 2.08. The number of nitrogens with one attached hydrogen (secondary N) is 1. The molecular weight excluding hydrogens is 345 g/mol. The second-order valence-electron chi connectivity index (χ2n) is 6.34. The van der Waals surface area contributed by atoms with Gasteiger partial charge in [-0.3, -0.25) is 0 Å². The van der Waals surface area contributed by atoms with Gasteiger partial charge in [-0.05, 0) is 31.7 Å². The second-order valence-corrected chi connectivity index (χ2v) is 6.34. The summed E-state index contributed by atoms with van der Waals surface area (Å²) < 4.78 is 37.8. The molecule has 9 heteroatoms. The average molecular weight is 366 g/mol. The van der Waals surface area contributed by atoms with Gasteiger partial charge in [0.2, 0.25) is 11.9 Å². The summed E-state index contributed by atoms with van der Waals surface area (Å²) >= 11 is 0. The summed E-state index contributed by atoms with van der Waals surface area (Å²) in [6.07, 6.45) is -4.32. The van der Waals surface area contributed by atoms with Gasteiger partial charge in [0.15, 0.2) is 0 Å². The van der Waals surface area contributed by atoms with E-state index in [-0.39, 0.29) is 0 Å². The molecule has 3 rings (SSSR count). The number of benzene rings is 1. The van der Waals surface area contributed by atoms with Gasteiger partial charge in [-0.15, -0.1) is 0 Å². The Morgan fingerprint density at radius 1 is 1.00 bits per heavy atom. The second kappa shape index (κ2) is 7.45. The molecule has 1 aliphatic rings. The molecule has 1 N–H and O–H groups in total. The Hall–Kier alpha value is -2.42. The zero-order chi connectivity index (χ0) is 18.7. The molecule has 1 aromatic carbocycles. The number of aromatic nitrogens is 3. The third kappa shape index (κ3) is 4.60. The number of hydrogen-bond donors (Lipinski definition) is 1. The highest BCUT2D eigenvalue weighted by Crippen LogP contribution is 2.29. The molecule has 0 unspecified atom stereocenters. The normalized spacial score (nSPS) is 16.0. The van der Waals surface area contributed by atoms with Crippen LogP contribution >= 0.6 is 0 Å². The first-order chi connectivity index (χ1) is 12.3. The van der Waals surface area contributed by atoms with E-state index < -0.39 is 11.7 Å². The van der Waals surface area contributed by atoms with Crippen LogP contribution in [0.2, 0.25) is 0 Å². The van der Waals surface area contributed by atoms with E-state index in [0.29, 0.717) is 24.3 Å². The molecule has 0 amide bonds. The molecule has 140 valence electrons. The Bertz CT molecular complexity index is 739. The van der Waals surface area contributed by atoms with Crippen molar-refractivity contribution in [3.8, 4) is 0 Å². The molecule has 1 saturated heterocycles. The Morgan fingerprint density at radius 2 is 1.65 bits per heavy atom.